The highest BCUT2D eigenvalue weighted by atomic mass is 32.1. The second-order valence-corrected chi connectivity index (χ2v) is 4.82. The van der Waals surface area contributed by atoms with E-state index in [0.717, 1.165) is 29.4 Å². The Kier molecular flexibility index (Phi) is 3.19. The summed E-state index contributed by atoms with van der Waals surface area (Å²) in [5, 5.41) is 0. The van der Waals surface area contributed by atoms with E-state index in [4.69, 9.17) is 5.73 Å². The molecule has 16 heavy (non-hydrogen) atoms. The first-order valence-electron chi connectivity index (χ1n) is 5.34. The Labute approximate surface area is 99.6 Å². The predicted octanol–water partition coefficient (Wildman–Crippen LogP) is 2.99. The van der Waals surface area contributed by atoms with Crippen LogP contribution in [0.3, 0.4) is 0 Å². The summed E-state index contributed by atoms with van der Waals surface area (Å²) in [4.78, 5) is 0. The van der Waals surface area contributed by atoms with E-state index in [1.807, 2.05) is 12.1 Å². The van der Waals surface area contributed by atoms with E-state index in [1.165, 1.54) is 5.56 Å². The van der Waals surface area contributed by atoms with Crippen molar-refractivity contribution in [3.05, 3.63) is 29.8 Å². The van der Waals surface area contributed by atoms with Crippen LogP contribution in [0.25, 0.3) is 11.3 Å². The van der Waals surface area contributed by atoms with Gasteiger partial charge < -0.3 is 5.73 Å². The molecule has 0 atom stereocenters. The van der Waals surface area contributed by atoms with Crippen molar-refractivity contribution >= 4 is 17.5 Å². The normalized spacial score (nSPS) is 10.9. The molecule has 0 fully saturated rings. The monoisotopic (exact) mass is 233 g/mol. The number of rotatable bonds is 3. The van der Waals surface area contributed by atoms with Crippen LogP contribution in [-0.2, 0) is 6.42 Å². The topological polar surface area (TPSA) is 51.8 Å². The van der Waals surface area contributed by atoms with Crippen LogP contribution in [0.5, 0.6) is 0 Å². The van der Waals surface area contributed by atoms with Crippen LogP contribution in [0.4, 0.5) is 5.82 Å². The van der Waals surface area contributed by atoms with Crippen LogP contribution < -0.4 is 5.73 Å². The standard InChI is InChI=1S/C12H15N3S/c1-8(2)6-9-4-3-5-10(7-9)11-12(13)15-16-14-11/h3-5,7-8H,6H2,1-2H3,(H2,13,15). The summed E-state index contributed by atoms with van der Waals surface area (Å²) in [6.45, 7) is 4.43. The third-order valence-corrected chi connectivity index (χ3v) is 2.90. The van der Waals surface area contributed by atoms with Crippen molar-refractivity contribution < 1.29 is 0 Å². The molecule has 0 aliphatic carbocycles. The van der Waals surface area contributed by atoms with Gasteiger partial charge in [-0.3, -0.25) is 0 Å². The van der Waals surface area contributed by atoms with Crippen LogP contribution >= 0.6 is 11.7 Å². The molecule has 1 heterocycles. The highest BCUT2D eigenvalue weighted by molar-refractivity contribution is 6.99. The fourth-order valence-corrected chi connectivity index (χ4v) is 2.21. The zero-order valence-electron chi connectivity index (χ0n) is 9.47. The first-order chi connectivity index (χ1) is 7.66. The molecule has 0 saturated carbocycles. The smallest absolute Gasteiger partial charge is 0.165 e. The van der Waals surface area contributed by atoms with E-state index < -0.39 is 0 Å². The number of nitrogens with zero attached hydrogens (tertiary/aromatic N) is 2. The highest BCUT2D eigenvalue weighted by Gasteiger charge is 2.08. The minimum atomic E-state index is 0.520. The van der Waals surface area contributed by atoms with E-state index in [-0.39, 0.29) is 0 Å². The lowest BCUT2D eigenvalue weighted by Crippen LogP contribution is -1.95. The molecule has 2 N–H and O–H groups in total. The van der Waals surface area contributed by atoms with Crippen molar-refractivity contribution in [1.29, 1.82) is 0 Å². The van der Waals surface area contributed by atoms with Crippen molar-refractivity contribution in [2.75, 3.05) is 5.73 Å². The van der Waals surface area contributed by atoms with E-state index in [0.29, 0.717) is 11.7 Å². The maximum atomic E-state index is 5.76. The largest absolute Gasteiger partial charge is 0.381 e. The zero-order chi connectivity index (χ0) is 11.5. The molecule has 2 rings (SSSR count). The van der Waals surface area contributed by atoms with Gasteiger partial charge in [-0.1, -0.05) is 32.0 Å². The molecule has 0 unspecified atom stereocenters. The Morgan fingerprint density at radius 2 is 2.12 bits per heavy atom. The summed E-state index contributed by atoms with van der Waals surface area (Å²) in [7, 11) is 0. The van der Waals surface area contributed by atoms with Crippen LogP contribution in [0.15, 0.2) is 24.3 Å². The SMILES string of the molecule is CC(C)Cc1cccc(-c2nsnc2N)c1. The number of hydrogen-bond acceptors (Lipinski definition) is 4. The van der Waals surface area contributed by atoms with Gasteiger partial charge in [0.25, 0.3) is 0 Å². The van der Waals surface area contributed by atoms with Gasteiger partial charge in [0.05, 0.1) is 11.7 Å². The Bertz CT molecular complexity index is 477. The average molecular weight is 233 g/mol. The van der Waals surface area contributed by atoms with Crippen molar-refractivity contribution in [3.63, 3.8) is 0 Å². The molecule has 0 radical (unpaired) electrons. The lowest BCUT2D eigenvalue weighted by molar-refractivity contribution is 0.647. The van der Waals surface area contributed by atoms with Crippen molar-refractivity contribution in [1.82, 2.24) is 8.75 Å². The second kappa shape index (κ2) is 4.61. The van der Waals surface area contributed by atoms with Gasteiger partial charge in [-0.15, -0.1) is 0 Å². The lowest BCUT2D eigenvalue weighted by Gasteiger charge is -2.06. The first kappa shape index (κ1) is 11.1. The zero-order valence-corrected chi connectivity index (χ0v) is 10.3. The molecule has 1 aromatic carbocycles. The summed E-state index contributed by atoms with van der Waals surface area (Å²) in [5.41, 5.74) is 8.94. The minimum absolute atomic E-state index is 0.520. The Morgan fingerprint density at radius 1 is 1.31 bits per heavy atom. The molecular formula is C12H15N3S. The van der Waals surface area contributed by atoms with Gasteiger partial charge in [0.15, 0.2) is 5.82 Å². The number of nitrogens with two attached hydrogens (primary N) is 1. The van der Waals surface area contributed by atoms with Crippen molar-refractivity contribution in [3.8, 4) is 11.3 Å². The molecule has 0 bridgehead atoms. The van der Waals surface area contributed by atoms with Gasteiger partial charge in [-0.2, -0.15) is 8.75 Å². The molecule has 0 spiro atoms. The molecule has 0 aliphatic rings. The number of anilines is 1. The van der Waals surface area contributed by atoms with E-state index in [1.54, 1.807) is 0 Å². The van der Waals surface area contributed by atoms with E-state index in [9.17, 15) is 0 Å². The molecule has 4 heteroatoms. The van der Waals surface area contributed by atoms with E-state index in [2.05, 4.69) is 34.7 Å². The van der Waals surface area contributed by atoms with Crippen LogP contribution in [0, 0.1) is 5.92 Å². The number of hydrogen-bond donors (Lipinski definition) is 1. The summed E-state index contributed by atoms with van der Waals surface area (Å²) >= 11 is 1.16. The quantitative estimate of drug-likeness (QED) is 0.886. The Balaban J connectivity index is 2.33. The van der Waals surface area contributed by atoms with Gasteiger partial charge >= 0.3 is 0 Å². The van der Waals surface area contributed by atoms with Gasteiger partial charge in [0.1, 0.15) is 5.69 Å². The van der Waals surface area contributed by atoms with E-state index >= 15 is 0 Å². The molecule has 3 nitrogen and oxygen atoms in total. The summed E-state index contributed by atoms with van der Waals surface area (Å²) in [5.74, 6) is 1.17. The maximum absolute atomic E-state index is 5.76. The fourth-order valence-electron chi connectivity index (χ4n) is 1.71. The fraction of sp³-hybridized carbons (Fsp3) is 0.333. The molecule has 2 aromatic rings. The van der Waals surface area contributed by atoms with Gasteiger partial charge in [-0.05, 0) is 24.0 Å². The van der Waals surface area contributed by atoms with Crippen LogP contribution in [0.1, 0.15) is 19.4 Å². The Hall–Kier alpha value is -1.42. The number of benzene rings is 1. The van der Waals surface area contributed by atoms with Gasteiger partial charge in [0, 0.05) is 5.56 Å². The van der Waals surface area contributed by atoms with Crippen molar-refractivity contribution in [2.45, 2.75) is 20.3 Å². The number of aromatic nitrogens is 2. The molecule has 84 valence electrons. The third kappa shape index (κ3) is 2.39. The molecule has 0 aliphatic heterocycles. The highest BCUT2D eigenvalue weighted by Crippen LogP contribution is 2.24. The summed E-state index contributed by atoms with van der Waals surface area (Å²) in [6, 6.07) is 8.36. The average Bonchev–Trinajstić information content (AvgIpc) is 2.64. The van der Waals surface area contributed by atoms with Crippen molar-refractivity contribution in [2.24, 2.45) is 5.92 Å². The molecular weight excluding hydrogens is 218 g/mol. The van der Waals surface area contributed by atoms with Crippen LogP contribution in [-0.4, -0.2) is 8.75 Å². The minimum Gasteiger partial charge on any atom is -0.381 e. The van der Waals surface area contributed by atoms with Gasteiger partial charge in [0.2, 0.25) is 0 Å². The molecule has 0 amide bonds. The maximum Gasteiger partial charge on any atom is 0.165 e. The molecule has 1 aromatic heterocycles. The molecule has 0 saturated heterocycles. The Morgan fingerprint density at radius 3 is 2.75 bits per heavy atom. The third-order valence-electron chi connectivity index (χ3n) is 2.36. The van der Waals surface area contributed by atoms with Crippen LogP contribution in [0.2, 0.25) is 0 Å². The summed E-state index contributed by atoms with van der Waals surface area (Å²) in [6.07, 6.45) is 1.07. The lowest BCUT2D eigenvalue weighted by atomic mass is 10.00. The van der Waals surface area contributed by atoms with Gasteiger partial charge in [-0.25, -0.2) is 0 Å². The summed E-state index contributed by atoms with van der Waals surface area (Å²) < 4.78 is 8.20. The number of nitrogen functional groups attached to an aromatic ring is 1. The second-order valence-electron chi connectivity index (χ2n) is 4.30. The first-order valence-corrected chi connectivity index (χ1v) is 6.07. The predicted molar refractivity (Wildman–Crippen MR) is 68.3 cm³/mol.